The Morgan fingerprint density at radius 3 is 2.80 bits per heavy atom. The lowest BCUT2D eigenvalue weighted by molar-refractivity contribution is 0.317. The molecule has 1 unspecified atom stereocenters. The number of fused-ring (bicyclic) bond motifs is 1. The Morgan fingerprint density at radius 1 is 1.25 bits per heavy atom. The van der Waals surface area contributed by atoms with E-state index in [0.29, 0.717) is 5.02 Å². The molecule has 1 fully saturated rings. The Morgan fingerprint density at radius 2 is 2.05 bits per heavy atom. The largest absolute Gasteiger partial charge is 0.458 e. The van der Waals surface area contributed by atoms with E-state index in [-0.39, 0.29) is 6.04 Å². The van der Waals surface area contributed by atoms with Gasteiger partial charge in [-0.2, -0.15) is 0 Å². The maximum absolute atomic E-state index is 6.29. The highest BCUT2D eigenvalue weighted by Crippen LogP contribution is 2.33. The first-order chi connectivity index (χ1) is 9.74. The Balaban J connectivity index is 1.65. The van der Waals surface area contributed by atoms with Crippen LogP contribution in [0.15, 0.2) is 28.7 Å². The van der Waals surface area contributed by atoms with Crippen molar-refractivity contribution >= 4 is 22.6 Å². The highest BCUT2D eigenvalue weighted by atomic mass is 35.5. The highest BCUT2D eigenvalue weighted by molar-refractivity contribution is 6.34. The molecule has 1 aliphatic carbocycles. The van der Waals surface area contributed by atoms with Gasteiger partial charge < -0.3 is 10.2 Å². The molecule has 0 spiro atoms. The molecule has 20 heavy (non-hydrogen) atoms. The van der Waals surface area contributed by atoms with Crippen molar-refractivity contribution < 1.29 is 4.42 Å². The van der Waals surface area contributed by atoms with Gasteiger partial charge in [0.2, 0.25) is 0 Å². The predicted octanol–water partition coefficient (Wildman–Crippen LogP) is 5.45. The molecular weight excluding hydrogens is 270 g/mol. The van der Waals surface area contributed by atoms with Gasteiger partial charge in [-0.25, -0.2) is 0 Å². The molecule has 108 valence electrons. The van der Waals surface area contributed by atoms with Gasteiger partial charge in [-0.05, 0) is 30.9 Å². The van der Waals surface area contributed by atoms with Crippen LogP contribution in [0.3, 0.4) is 0 Å². The predicted molar refractivity (Wildman–Crippen MR) is 84.0 cm³/mol. The fourth-order valence-corrected chi connectivity index (χ4v) is 3.48. The van der Waals surface area contributed by atoms with E-state index in [1.807, 2.05) is 24.3 Å². The fourth-order valence-electron chi connectivity index (χ4n) is 3.26. The van der Waals surface area contributed by atoms with E-state index in [9.17, 15) is 0 Å². The molecule has 2 aromatic rings. The molecular formula is C17H22ClNO. The second kappa shape index (κ2) is 6.19. The minimum Gasteiger partial charge on any atom is -0.458 e. The van der Waals surface area contributed by atoms with Crippen molar-refractivity contribution in [2.75, 3.05) is 0 Å². The van der Waals surface area contributed by atoms with E-state index < -0.39 is 0 Å². The van der Waals surface area contributed by atoms with E-state index in [1.165, 1.54) is 38.5 Å². The summed E-state index contributed by atoms with van der Waals surface area (Å²) in [5.74, 6) is 1.73. The van der Waals surface area contributed by atoms with Crippen LogP contribution in [0.5, 0.6) is 0 Å². The quantitative estimate of drug-likeness (QED) is 0.814. The van der Waals surface area contributed by atoms with E-state index >= 15 is 0 Å². The fraction of sp³-hybridized carbons (Fsp3) is 0.529. The first kappa shape index (κ1) is 14.0. The summed E-state index contributed by atoms with van der Waals surface area (Å²) in [5.41, 5.74) is 7.05. The molecule has 1 atom stereocenters. The highest BCUT2D eigenvalue weighted by Gasteiger charge is 2.18. The summed E-state index contributed by atoms with van der Waals surface area (Å²) < 4.78 is 5.84. The van der Waals surface area contributed by atoms with Gasteiger partial charge in [-0.15, -0.1) is 0 Å². The number of furan rings is 1. The van der Waals surface area contributed by atoms with Crippen molar-refractivity contribution in [3.05, 3.63) is 35.0 Å². The van der Waals surface area contributed by atoms with Crippen molar-refractivity contribution in [2.45, 2.75) is 51.0 Å². The second-order valence-electron chi connectivity index (χ2n) is 5.99. The summed E-state index contributed by atoms with van der Waals surface area (Å²) >= 11 is 6.14. The zero-order chi connectivity index (χ0) is 13.9. The molecule has 0 amide bonds. The van der Waals surface area contributed by atoms with Crippen LogP contribution in [0.25, 0.3) is 11.0 Å². The molecule has 2 nitrogen and oxygen atoms in total. The molecule has 1 aromatic heterocycles. The zero-order valence-electron chi connectivity index (χ0n) is 11.8. The van der Waals surface area contributed by atoms with Gasteiger partial charge in [0.15, 0.2) is 5.58 Å². The van der Waals surface area contributed by atoms with Crippen LogP contribution in [-0.2, 0) is 0 Å². The van der Waals surface area contributed by atoms with Crippen LogP contribution >= 0.6 is 11.6 Å². The third-order valence-corrected chi connectivity index (χ3v) is 4.79. The Bertz CT molecular complexity index is 571. The van der Waals surface area contributed by atoms with Gasteiger partial charge in [0.1, 0.15) is 5.76 Å². The van der Waals surface area contributed by atoms with Gasteiger partial charge in [0.25, 0.3) is 0 Å². The SMILES string of the molecule is NC(CCC1CCCCC1)c1cc2cccc(Cl)c2o1. The minimum absolute atomic E-state index is 0.0135. The van der Waals surface area contributed by atoms with E-state index in [1.54, 1.807) is 0 Å². The van der Waals surface area contributed by atoms with Crippen LogP contribution in [-0.4, -0.2) is 0 Å². The number of nitrogens with two attached hydrogens (primary N) is 1. The molecule has 3 heteroatoms. The van der Waals surface area contributed by atoms with Crippen LogP contribution in [0.1, 0.15) is 56.7 Å². The number of hydrogen-bond donors (Lipinski definition) is 1. The van der Waals surface area contributed by atoms with Gasteiger partial charge >= 0.3 is 0 Å². The average Bonchev–Trinajstić information content (AvgIpc) is 2.91. The molecule has 1 aliphatic rings. The molecule has 0 aliphatic heterocycles. The van der Waals surface area contributed by atoms with Crippen molar-refractivity contribution in [3.8, 4) is 0 Å². The lowest BCUT2D eigenvalue weighted by Crippen LogP contribution is -2.13. The van der Waals surface area contributed by atoms with Gasteiger partial charge in [-0.3, -0.25) is 0 Å². The van der Waals surface area contributed by atoms with Crippen molar-refractivity contribution in [3.63, 3.8) is 0 Å². The van der Waals surface area contributed by atoms with Crippen molar-refractivity contribution in [1.82, 2.24) is 0 Å². The second-order valence-corrected chi connectivity index (χ2v) is 6.40. The number of halogens is 1. The van der Waals surface area contributed by atoms with E-state index in [2.05, 4.69) is 0 Å². The smallest absolute Gasteiger partial charge is 0.152 e. The third kappa shape index (κ3) is 3.02. The van der Waals surface area contributed by atoms with Crippen LogP contribution in [0, 0.1) is 5.92 Å². The van der Waals surface area contributed by atoms with Crippen LogP contribution < -0.4 is 5.73 Å². The molecule has 0 saturated heterocycles. The van der Waals surface area contributed by atoms with Gasteiger partial charge in [0.05, 0.1) is 11.1 Å². The lowest BCUT2D eigenvalue weighted by Gasteiger charge is -2.22. The van der Waals surface area contributed by atoms with E-state index in [0.717, 1.165) is 29.1 Å². The summed E-state index contributed by atoms with van der Waals surface area (Å²) in [4.78, 5) is 0. The number of para-hydroxylation sites is 1. The lowest BCUT2D eigenvalue weighted by atomic mass is 9.85. The normalized spacial score (nSPS) is 18.5. The van der Waals surface area contributed by atoms with Gasteiger partial charge in [-0.1, -0.05) is 55.8 Å². The zero-order valence-corrected chi connectivity index (χ0v) is 12.5. The maximum Gasteiger partial charge on any atom is 0.152 e. The first-order valence-electron chi connectivity index (χ1n) is 7.67. The van der Waals surface area contributed by atoms with Crippen LogP contribution in [0.2, 0.25) is 5.02 Å². The minimum atomic E-state index is -0.0135. The monoisotopic (exact) mass is 291 g/mol. The molecule has 1 saturated carbocycles. The summed E-state index contributed by atoms with van der Waals surface area (Å²) in [7, 11) is 0. The summed E-state index contributed by atoms with van der Waals surface area (Å²) in [5, 5.41) is 1.70. The molecule has 1 aromatic carbocycles. The third-order valence-electron chi connectivity index (χ3n) is 4.49. The molecule has 3 rings (SSSR count). The maximum atomic E-state index is 6.29. The Kier molecular flexibility index (Phi) is 4.32. The standard InChI is InChI=1S/C17H22ClNO/c18-14-8-4-7-13-11-16(20-17(13)14)15(19)10-9-12-5-2-1-3-6-12/h4,7-8,11-12,15H,1-3,5-6,9-10,19H2. The summed E-state index contributed by atoms with van der Waals surface area (Å²) in [6, 6.07) is 7.83. The summed E-state index contributed by atoms with van der Waals surface area (Å²) in [6.45, 7) is 0. The topological polar surface area (TPSA) is 39.2 Å². The molecule has 2 N–H and O–H groups in total. The molecule has 0 bridgehead atoms. The number of benzene rings is 1. The summed E-state index contributed by atoms with van der Waals surface area (Å²) in [6.07, 6.45) is 9.15. The van der Waals surface area contributed by atoms with E-state index in [4.69, 9.17) is 21.8 Å². The first-order valence-corrected chi connectivity index (χ1v) is 8.05. The molecule has 1 heterocycles. The molecule has 0 radical (unpaired) electrons. The average molecular weight is 292 g/mol. The van der Waals surface area contributed by atoms with Gasteiger partial charge in [0, 0.05) is 5.39 Å². The van der Waals surface area contributed by atoms with Crippen molar-refractivity contribution in [1.29, 1.82) is 0 Å². The Hall–Kier alpha value is -0.990. The number of rotatable bonds is 4. The van der Waals surface area contributed by atoms with Crippen molar-refractivity contribution in [2.24, 2.45) is 11.7 Å². The number of hydrogen-bond acceptors (Lipinski definition) is 2. The van der Waals surface area contributed by atoms with Crippen LogP contribution in [0.4, 0.5) is 0 Å². The Labute approximate surface area is 125 Å².